The van der Waals surface area contributed by atoms with Crippen molar-refractivity contribution in [2.24, 2.45) is 5.73 Å². The molecular weight excluding hydrogens is 202 g/mol. The monoisotopic (exact) mass is 221 g/mol. The van der Waals surface area contributed by atoms with Crippen LogP contribution < -0.4 is 5.73 Å². The fourth-order valence-corrected chi connectivity index (χ4v) is 2.38. The minimum Gasteiger partial charge on any atom is -0.480 e. The number of carboxylic acid groups (broad SMARTS) is 1. The van der Waals surface area contributed by atoms with Crippen LogP contribution in [0.3, 0.4) is 0 Å². The normalized spacial score (nSPS) is 15.1. The Balaban J connectivity index is 3.74. The summed E-state index contributed by atoms with van der Waals surface area (Å²) in [7, 11) is 0. The smallest absolute Gasteiger partial charge is 0.321 e. The van der Waals surface area contributed by atoms with E-state index >= 15 is 0 Å². The maximum absolute atomic E-state index is 10.4. The molecule has 14 heavy (non-hydrogen) atoms. The van der Waals surface area contributed by atoms with Gasteiger partial charge in [-0.15, -0.1) is 0 Å². The Bertz CT molecular complexity index is 160. The first-order valence-corrected chi connectivity index (χ1v) is 5.87. The van der Waals surface area contributed by atoms with Gasteiger partial charge in [-0.25, -0.2) is 0 Å². The lowest BCUT2D eigenvalue weighted by Gasteiger charge is -2.15. The highest BCUT2D eigenvalue weighted by molar-refractivity contribution is 7.99. The van der Waals surface area contributed by atoms with Gasteiger partial charge in [0, 0.05) is 17.6 Å². The van der Waals surface area contributed by atoms with Crippen molar-refractivity contribution in [3.8, 4) is 0 Å². The van der Waals surface area contributed by atoms with E-state index in [0.29, 0.717) is 17.4 Å². The summed E-state index contributed by atoms with van der Waals surface area (Å²) in [6.07, 6.45) is 2.75. The summed E-state index contributed by atoms with van der Waals surface area (Å²) in [6, 6.07) is -0.793. The topological polar surface area (TPSA) is 83.5 Å². The molecule has 0 radical (unpaired) electrons. The molecular formula is C9H19NO3S. The highest BCUT2D eigenvalue weighted by atomic mass is 32.2. The molecule has 0 rings (SSSR count). The first-order valence-electron chi connectivity index (χ1n) is 4.82. The van der Waals surface area contributed by atoms with E-state index < -0.39 is 12.0 Å². The molecule has 0 aliphatic heterocycles. The zero-order chi connectivity index (χ0) is 11.0. The van der Waals surface area contributed by atoms with E-state index in [4.69, 9.17) is 15.9 Å². The van der Waals surface area contributed by atoms with Gasteiger partial charge in [-0.1, -0.05) is 13.3 Å². The summed E-state index contributed by atoms with van der Waals surface area (Å²) in [6.45, 7) is 2.22. The first kappa shape index (κ1) is 13.7. The van der Waals surface area contributed by atoms with Crippen LogP contribution in [0.25, 0.3) is 0 Å². The van der Waals surface area contributed by atoms with E-state index in [2.05, 4.69) is 6.92 Å². The van der Waals surface area contributed by atoms with Crippen molar-refractivity contribution < 1.29 is 15.0 Å². The van der Waals surface area contributed by atoms with E-state index in [1.165, 1.54) is 0 Å². The van der Waals surface area contributed by atoms with E-state index in [1.54, 1.807) is 11.8 Å². The van der Waals surface area contributed by atoms with Gasteiger partial charge in [0.2, 0.25) is 0 Å². The van der Waals surface area contributed by atoms with Crippen molar-refractivity contribution in [3.63, 3.8) is 0 Å². The second-order valence-electron chi connectivity index (χ2n) is 3.20. The second kappa shape index (κ2) is 8.08. The highest BCUT2D eigenvalue weighted by Gasteiger charge is 2.15. The van der Waals surface area contributed by atoms with Gasteiger partial charge in [0.1, 0.15) is 6.04 Å². The molecule has 0 aromatic carbocycles. The summed E-state index contributed by atoms with van der Waals surface area (Å²) in [4.78, 5) is 10.4. The van der Waals surface area contributed by atoms with Crippen LogP contribution in [0.5, 0.6) is 0 Å². The predicted octanol–water partition coefficient (Wildman–Crippen LogP) is 0.683. The zero-order valence-corrected chi connectivity index (χ0v) is 9.30. The van der Waals surface area contributed by atoms with E-state index in [9.17, 15) is 4.79 Å². The fourth-order valence-electron chi connectivity index (χ4n) is 1.09. The number of nitrogens with two attached hydrogens (primary N) is 1. The number of aliphatic hydroxyl groups is 1. The van der Waals surface area contributed by atoms with Crippen molar-refractivity contribution in [1.82, 2.24) is 0 Å². The third-order valence-electron chi connectivity index (χ3n) is 1.89. The molecule has 0 aliphatic carbocycles. The molecule has 0 bridgehead atoms. The van der Waals surface area contributed by atoms with Crippen molar-refractivity contribution in [2.45, 2.75) is 37.5 Å². The molecule has 4 N–H and O–H groups in total. The minimum atomic E-state index is -0.961. The Labute approximate surface area is 88.9 Å². The molecule has 0 aliphatic rings. The standard InChI is InChI=1S/C9H19NO3S/c1-2-3-7(4-5-11)14-6-8(10)9(12)13/h7-8,11H,2-6,10H2,1H3,(H,12,13)/t7-,8+/m1/s1. The number of hydrogen-bond acceptors (Lipinski definition) is 4. The average molecular weight is 221 g/mol. The van der Waals surface area contributed by atoms with Gasteiger partial charge in [0.05, 0.1) is 0 Å². The Morgan fingerprint density at radius 3 is 2.57 bits per heavy atom. The number of carboxylic acids is 1. The molecule has 0 heterocycles. The largest absolute Gasteiger partial charge is 0.480 e. The van der Waals surface area contributed by atoms with Crippen LogP contribution >= 0.6 is 11.8 Å². The third-order valence-corrected chi connectivity index (χ3v) is 3.38. The minimum absolute atomic E-state index is 0.153. The Morgan fingerprint density at radius 2 is 2.14 bits per heavy atom. The summed E-state index contributed by atoms with van der Waals surface area (Å²) in [5.74, 6) is -0.545. The van der Waals surface area contributed by atoms with Crippen molar-refractivity contribution in [3.05, 3.63) is 0 Å². The van der Waals surface area contributed by atoms with Gasteiger partial charge in [0.15, 0.2) is 0 Å². The van der Waals surface area contributed by atoms with Crippen LogP contribution in [0.15, 0.2) is 0 Å². The third kappa shape index (κ3) is 6.23. The summed E-state index contributed by atoms with van der Waals surface area (Å²) in [5, 5.41) is 17.7. The molecule has 0 aromatic heterocycles. The Kier molecular flexibility index (Phi) is 7.93. The van der Waals surface area contributed by atoms with Crippen molar-refractivity contribution in [1.29, 1.82) is 0 Å². The number of thioether (sulfide) groups is 1. The van der Waals surface area contributed by atoms with Gasteiger partial charge >= 0.3 is 5.97 Å². The van der Waals surface area contributed by atoms with E-state index in [0.717, 1.165) is 12.8 Å². The molecule has 0 unspecified atom stereocenters. The van der Waals surface area contributed by atoms with Gasteiger partial charge < -0.3 is 15.9 Å². The van der Waals surface area contributed by atoms with Gasteiger partial charge in [-0.3, -0.25) is 4.79 Å². The predicted molar refractivity (Wildman–Crippen MR) is 58.5 cm³/mol. The number of aliphatic carboxylic acids is 1. The maximum atomic E-state index is 10.4. The van der Waals surface area contributed by atoms with Gasteiger partial charge in [-0.2, -0.15) is 11.8 Å². The van der Waals surface area contributed by atoms with Crippen LogP contribution in [0.2, 0.25) is 0 Å². The van der Waals surface area contributed by atoms with Crippen LogP contribution in [-0.2, 0) is 4.79 Å². The molecule has 4 nitrogen and oxygen atoms in total. The van der Waals surface area contributed by atoms with Crippen LogP contribution in [0.4, 0.5) is 0 Å². The lowest BCUT2D eigenvalue weighted by molar-refractivity contribution is -0.137. The molecule has 0 fully saturated rings. The second-order valence-corrected chi connectivity index (χ2v) is 4.53. The van der Waals surface area contributed by atoms with E-state index in [-0.39, 0.29) is 6.61 Å². The summed E-state index contributed by atoms with van der Waals surface area (Å²) in [5.41, 5.74) is 5.37. The number of rotatable bonds is 8. The van der Waals surface area contributed by atoms with Crippen LogP contribution in [-0.4, -0.2) is 39.8 Å². The molecule has 0 saturated heterocycles. The number of aliphatic hydroxyl groups excluding tert-OH is 1. The van der Waals surface area contributed by atoms with Crippen molar-refractivity contribution >= 4 is 17.7 Å². The lowest BCUT2D eigenvalue weighted by Crippen LogP contribution is -2.33. The molecule has 0 spiro atoms. The highest BCUT2D eigenvalue weighted by Crippen LogP contribution is 2.20. The molecule has 0 saturated carbocycles. The Hall–Kier alpha value is -0.260. The lowest BCUT2D eigenvalue weighted by atomic mass is 10.2. The van der Waals surface area contributed by atoms with Gasteiger partial charge in [0.25, 0.3) is 0 Å². The number of hydrogen-bond donors (Lipinski definition) is 3. The average Bonchev–Trinajstić information content (AvgIpc) is 2.14. The van der Waals surface area contributed by atoms with Crippen LogP contribution in [0.1, 0.15) is 26.2 Å². The fraction of sp³-hybridized carbons (Fsp3) is 0.889. The summed E-state index contributed by atoms with van der Waals surface area (Å²) < 4.78 is 0. The molecule has 0 amide bonds. The van der Waals surface area contributed by atoms with E-state index in [1.807, 2.05) is 0 Å². The summed E-state index contributed by atoms with van der Waals surface area (Å²) >= 11 is 1.54. The Morgan fingerprint density at radius 1 is 1.50 bits per heavy atom. The van der Waals surface area contributed by atoms with Crippen LogP contribution in [0, 0.1) is 0 Å². The molecule has 2 atom stereocenters. The maximum Gasteiger partial charge on any atom is 0.321 e. The molecule has 0 aromatic rings. The quantitative estimate of drug-likeness (QED) is 0.561. The molecule has 84 valence electrons. The zero-order valence-electron chi connectivity index (χ0n) is 8.48. The first-order chi connectivity index (χ1) is 6.61. The number of carbonyl (C=O) groups is 1. The van der Waals surface area contributed by atoms with Gasteiger partial charge in [-0.05, 0) is 12.8 Å². The molecule has 5 heteroatoms. The van der Waals surface area contributed by atoms with Crippen molar-refractivity contribution in [2.75, 3.05) is 12.4 Å². The SMILES string of the molecule is CCC[C@H](CCO)SC[C@H](N)C(=O)O.